The zero-order chi connectivity index (χ0) is 31.6. The Morgan fingerprint density at radius 3 is 1.36 bits per heavy atom. The van der Waals surface area contributed by atoms with Crippen LogP contribution < -0.4 is 0 Å². The molecule has 238 valence electrons. The topological polar surface area (TPSA) is 0 Å². The van der Waals surface area contributed by atoms with Crippen LogP contribution in [0.15, 0.2) is 60.7 Å². The Hall–Kier alpha value is -0.660. The fourth-order valence-electron chi connectivity index (χ4n) is 7.23. The number of unbranched alkanes of at least 4 members (excludes halogenated alkanes) is 2. The van der Waals surface area contributed by atoms with Crippen LogP contribution in [0.5, 0.6) is 0 Å². The molecule has 0 saturated heterocycles. The van der Waals surface area contributed by atoms with Crippen LogP contribution in [0.25, 0.3) is 21.5 Å². The first-order valence-electron chi connectivity index (χ1n) is 17.5. The molecule has 2 aliphatic carbocycles. The van der Waals surface area contributed by atoms with Crippen LogP contribution in [-0.4, -0.2) is 9.52 Å². The van der Waals surface area contributed by atoms with Crippen molar-refractivity contribution >= 4 is 48.1 Å². The molecule has 2 aliphatic rings. The molecule has 0 spiro atoms. The van der Waals surface area contributed by atoms with Crippen LogP contribution in [0.1, 0.15) is 138 Å². The third-order valence-corrected chi connectivity index (χ3v) is 9.42. The number of hydrogen-bond donors (Lipinski definition) is 0. The molecular weight excluding hydrogens is 671 g/mol. The Morgan fingerprint density at radius 2 is 1.02 bits per heavy atom. The normalized spacial score (nSPS) is 15.4. The van der Waals surface area contributed by atoms with Gasteiger partial charge in [-0.1, -0.05) is 114 Å². The van der Waals surface area contributed by atoms with Gasteiger partial charge in [0.25, 0.3) is 0 Å². The summed E-state index contributed by atoms with van der Waals surface area (Å²) in [5.74, 6) is 1.64. The van der Waals surface area contributed by atoms with Crippen molar-refractivity contribution in [1.82, 2.24) is 0 Å². The van der Waals surface area contributed by atoms with E-state index >= 15 is 0 Å². The predicted molar refractivity (Wildman–Crippen MR) is 197 cm³/mol. The first-order chi connectivity index (χ1) is 21.6. The van der Waals surface area contributed by atoms with Gasteiger partial charge in [0, 0.05) is 9.52 Å². The molecule has 2 fully saturated rings. The molecular formula is C40H56Cl2SiZr. The summed E-state index contributed by atoms with van der Waals surface area (Å²) in [6.07, 6.45) is 21.9. The molecule has 6 rings (SSSR count). The third kappa shape index (κ3) is 11.9. The van der Waals surface area contributed by atoms with Gasteiger partial charge >= 0.3 is 37.9 Å². The van der Waals surface area contributed by atoms with Crippen molar-refractivity contribution in [2.75, 3.05) is 0 Å². The molecule has 2 saturated carbocycles. The number of aryl methyl sites for hydroxylation is 2. The first-order valence-corrected chi connectivity index (χ1v) is 25.8. The second kappa shape index (κ2) is 22.0. The summed E-state index contributed by atoms with van der Waals surface area (Å²) in [5.41, 5.74) is 6.33. The molecule has 4 aromatic carbocycles. The second-order valence-corrected chi connectivity index (χ2v) is 17.6. The fourth-order valence-corrected chi connectivity index (χ4v) is 7.23. The number of hydrogen-bond acceptors (Lipinski definition) is 0. The summed E-state index contributed by atoms with van der Waals surface area (Å²) in [6.45, 7) is 8.85. The van der Waals surface area contributed by atoms with Gasteiger partial charge in [-0.25, -0.2) is 0 Å². The Bertz CT molecular complexity index is 1210. The van der Waals surface area contributed by atoms with E-state index in [9.17, 15) is 0 Å². The van der Waals surface area contributed by atoms with Crippen molar-refractivity contribution < 1.29 is 20.8 Å². The van der Waals surface area contributed by atoms with E-state index in [1.54, 1.807) is 33.0 Å². The Balaban J connectivity index is 0.000000204. The molecule has 2 radical (unpaired) electrons. The van der Waals surface area contributed by atoms with Crippen LogP contribution in [0.3, 0.4) is 0 Å². The zero-order valence-corrected chi connectivity index (χ0v) is 33.0. The van der Waals surface area contributed by atoms with Crippen LogP contribution >= 0.6 is 17.0 Å². The average Bonchev–Trinajstić information content (AvgIpc) is 3.68. The summed E-state index contributed by atoms with van der Waals surface area (Å²) in [5, 5.41) is 6.02. The van der Waals surface area contributed by atoms with Gasteiger partial charge in [0.1, 0.15) is 0 Å². The van der Waals surface area contributed by atoms with Gasteiger partial charge in [0.2, 0.25) is 0 Å². The quantitative estimate of drug-likeness (QED) is 0.125. The summed E-state index contributed by atoms with van der Waals surface area (Å²) >= 11 is -0.826. The number of halogens is 2. The maximum atomic E-state index is 4.93. The Kier molecular flexibility index (Phi) is 18.9. The molecule has 0 heterocycles. The molecule has 4 aromatic rings. The monoisotopic (exact) mass is 724 g/mol. The van der Waals surface area contributed by atoms with Crippen LogP contribution in [0, 0.1) is 0 Å². The van der Waals surface area contributed by atoms with Gasteiger partial charge in [0.15, 0.2) is 0 Å². The van der Waals surface area contributed by atoms with Crippen LogP contribution in [-0.2, 0) is 33.7 Å². The van der Waals surface area contributed by atoms with Gasteiger partial charge in [-0.3, -0.25) is 0 Å². The van der Waals surface area contributed by atoms with Crippen molar-refractivity contribution in [3.63, 3.8) is 0 Å². The maximum absolute atomic E-state index is 4.93. The van der Waals surface area contributed by atoms with Gasteiger partial charge in [-0.15, -0.1) is 69.1 Å². The van der Waals surface area contributed by atoms with Crippen LogP contribution in [0.4, 0.5) is 0 Å². The van der Waals surface area contributed by atoms with E-state index < -0.39 is 20.8 Å². The van der Waals surface area contributed by atoms with E-state index in [1.165, 1.54) is 114 Å². The second-order valence-electron chi connectivity index (χ2n) is 12.9. The fraction of sp³-hybridized carbons (Fsp3) is 0.550. The molecule has 0 bridgehead atoms. The first kappa shape index (κ1) is 37.8. The van der Waals surface area contributed by atoms with Crippen molar-refractivity contribution in [1.29, 1.82) is 0 Å². The van der Waals surface area contributed by atoms with Crippen molar-refractivity contribution in [3.8, 4) is 0 Å². The van der Waals surface area contributed by atoms with Gasteiger partial charge in [0.05, 0.1) is 0 Å². The van der Waals surface area contributed by atoms with E-state index in [1.807, 2.05) is 0 Å². The predicted octanol–water partition coefficient (Wildman–Crippen LogP) is 14.1. The van der Waals surface area contributed by atoms with E-state index in [2.05, 4.69) is 87.6 Å². The Labute approximate surface area is 291 Å². The number of fused-ring (bicyclic) bond motifs is 2. The van der Waals surface area contributed by atoms with E-state index in [-0.39, 0.29) is 0 Å². The molecule has 0 unspecified atom stereocenters. The molecule has 0 atom stereocenters. The van der Waals surface area contributed by atoms with Gasteiger partial charge in [-0.05, 0) is 50.4 Å². The van der Waals surface area contributed by atoms with E-state index in [0.29, 0.717) is 0 Å². The summed E-state index contributed by atoms with van der Waals surface area (Å²) in [7, 11) is 11.0. The third-order valence-electron chi connectivity index (χ3n) is 9.42. The van der Waals surface area contributed by atoms with Gasteiger partial charge in [-0.2, -0.15) is 12.1 Å². The molecule has 0 aliphatic heterocycles. The summed E-state index contributed by atoms with van der Waals surface area (Å²) in [4.78, 5) is 0. The van der Waals surface area contributed by atoms with Crippen LogP contribution in [0.2, 0.25) is 13.1 Å². The SMILES string of the molecule is CCCCc1cc2c(C3CCCCC3)cccc2[cH-]1.CCCCc1cc2c(C3CCCCC3)cccc2[cH-]1.C[Si]C.[Cl][Zr+2][Cl]. The molecule has 44 heavy (non-hydrogen) atoms. The van der Waals surface area contributed by atoms with Crippen molar-refractivity contribution in [2.24, 2.45) is 0 Å². The number of benzene rings is 2. The minimum absolute atomic E-state index is 0.818. The summed E-state index contributed by atoms with van der Waals surface area (Å²) < 4.78 is 0. The zero-order valence-electron chi connectivity index (χ0n) is 28.0. The van der Waals surface area contributed by atoms with Crippen molar-refractivity contribution in [3.05, 3.63) is 82.9 Å². The molecule has 0 N–H and O–H groups in total. The molecule has 4 heteroatoms. The molecule has 0 aromatic heterocycles. The van der Waals surface area contributed by atoms with Crippen molar-refractivity contribution in [2.45, 2.75) is 142 Å². The average molecular weight is 727 g/mol. The van der Waals surface area contributed by atoms with E-state index in [4.69, 9.17) is 17.0 Å². The minimum atomic E-state index is -0.826. The number of rotatable bonds is 8. The Morgan fingerprint density at radius 1 is 0.659 bits per heavy atom. The van der Waals surface area contributed by atoms with E-state index in [0.717, 1.165) is 21.4 Å². The summed E-state index contributed by atoms with van der Waals surface area (Å²) in [6, 6.07) is 23.6. The standard InChI is InChI=1S/2C19H25.C2H6Si.2ClH.Zr/c2*1-2-3-8-15-13-17-11-7-12-18(19(17)14-15)16-9-5-4-6-10-16;1-3-2;;;/h2*7,11-14,16H,2-6,8-10H2,1H3;1-2H3;2*1H;/q2*-1;;;;+4/p-2. The van der Waals surface area contributed by atoms with Gasteiger partial charge < -0.3 is 0 Å². The molecule has 0 amide bonds. The molecule has 0 nitrogen and oxygen atoms in total.